The molecule has 1 N–H and O–H groups in total. The van der Waals surface area contributed by atoms with Crippen molar-refractivity contribution in [3.63, 3.8) is 0 Å². The Morgan fingerprint density at radius 3 is 3.05 bits per heavy atom. The molecule has 8 heteroatoms. The van der Waals surface area contributed by atoms with Gasteiger partial charge < -0.3 is 14.4 Å². The number of fused-ring (bicyclic) bond motifs is 3. The van der Waals surface area contributed by atoms with Crippen LogP contribution in [0.1, 0.15) is 4.88 Å². The molecule has 1 aromatic carbocycles. The number of benzene rings is 1. The summed E-state index contributed by atoms with van der Waals surface area (Å²) in [6.45, 7) is 0.0964. The molecule has 5 nitrogen and oxygen atoms in total. The maximum atomic E-state index is 13.4. The van der Waals surface area contributed by atoms with E-state index in [0.29, 0.717) is 22.7 Å². The van der Waals surface area contributed by atoms with Gasteiger partial charge in [0.15, 0.2) is 4.80 Å². The van der Waals surface area contributed by atoms with Gasteiger partial charge in [-0.1, -0.05) is 11.3 Å². The van der Waals surface area contributed by atoms with Crippen molar-refractivity contribution in [3.8, 4) is 17.0 Å². The lowest BCUT2D eigenvalue weighted by atomic mass is 10.1. The molecule has 0 fully saturated rings. The number of aliphatic carboxylic acids is 1. The van der Waals surface area contributed by atoms with Crippen LogP contribution in [0, 0.1) is 5.82 Å². The van der Waals surface area contributed by atoms with Gasteiger partial charge in [-0.25, -0.2) is 9.38 Å². The summed E-state index contributed by atoms with van der Waals surface area (Å²) in [7, 11) is 1.79. The van der Waals surface area contributed by atoms with Crippen LogP contribution in [-0.4, -0.2) is 22.2 Å². The van der Waals surface area contributed by atoms with Crippen LogP contribution in [0.15, 0.2) is 23.2 Å². The van der Waals surface area contributed by atoms with Crippen molar-refractivity contribution < 1.29 is 19.0 Å². The zero-order valence-electron chi connectivity index (χ0n) is 11.0. The minimum atomic E-state index is -0.987. The van der Waals surface area contributed by atoms with E-state index in [1.54, 1.807) is 17.7 Å². The molecular weight excluding hydrogens is 319 g/mol. The van der Waals surface area contributed by atoms with Gasteiger partial charge in [0.2, 0.25) is 0 Å². The van der Waals surface area contributed by atoms with Gasteiger partial charge in [0.25, 0.3) is 0 Å². The smallest absolute Gasteiger partial charge is 0.325 e. The molecule has 2 heterocycles. The summed E-state index contributed by atoms with van der Waals surface area (Å²) < 4.78 is 20.8. The molecule has 0 saturated carbocycles. The Morgan fingerprint density at radius 1 is 1.57 bits per heavy atom. The third-order valence-corrected chi connectivity index (χ3v) is 4.15. The van der Waals surface area contributed by atoms with Crippen LogP contribution >= 0.6 is 23.7 Å². The van der Waals surface area contributed by atoms with Crippen molar-refractivity contribution in [1.82, 2.24) is 4.57 Å². The Morgan fingerprint density at radius 2 is 2.33 bits per heavy atom. The van der Waals surface area contributed by atoms with E-state index in [4.69, 9.17) is 9.84 Å². The van der Waals surface area contributed by atoms with Crippen LogP contribution < -0.4 is 9.54 Å². The molecule has 0 unspecified atom stereocenters. The number of halogens is 2. The van der Waals surface area contributed by atoms with E-state index >= 15 is 0 Å². The van der Waals surface area contributed by atoms with Gasteiger partial charge >= 0.3 is 5.97 Å². The predicted molar refractivity (Wildman–Crippen MR) is 78.3 cm³/mol. The molecule has 0 saturated heterocycles. The summed E-state index contributed by atoms with van der Waals surface area (Å²) in [5.41, 5.74) is 1.50. The van der Waals surface area contributed by atoms with Crippen LogP contribution in [0.5, 0.6) is 5.75 Å². The van der Waals surface area contributed by atoms with Gasteiger partial charge in [0, 0.05) is 12.6 Å². The molecule has 0 bridgehead atoms. The summed E-state index contributed by atoms with van der Waals surface area (Å²) in [6, 6.07) is 4.37. The number of rotatable bonds is 2. The largest absolute Gasteiger partial charge is 0.487 e. The van der Waals surface area contributed by atoms with E-state index in [1.165, 1.54) is 23.5 Å². The first-order chi connectivity index (χ1) is 9.56. The van der Waals surface area contributed by atoms with E-state index in [0.717, 1.165) is 10.6 Å². The molecule has 0 amide bonds. The van der Waals surface area contributed by atoms with Crippen LogP contribution in [0.2, 0.25) is 0 Å². The Labute approximate surface area is 129 Å². The van der Waals surface area contributed by atoms with Gasteiger partial charge in [0.05, 0.1) is 10.6 Å². The quantitative estimate of drug-likeness (QED) is 0.918. The first-order valence-electron chi connectivity index (χ1n) is 5.90. The summed E-state index contributed by atoms with van der Waals surface area (Å²) in [5, 5.41) is 8.69. The van der Waals surface area contributed by atoms with Crippen molar-refractivity contribution >= 4 is 29.7 Å². The van der Waals surface area contributed by atoms with E-state index in [1.807, 2.05) is 0 Å². The fraction of sp³-hybridized carbons (Fsp3) is 0.231. The molecule has 1 aliphatic rings. The maximum absolute atomic E-state index is 13.4. The highest BCUT2D eigenvalue weighted by Gasteiger charge is 2.22. The zero-order chi connectivity index (χ0) is 14.3. The average Bonchev–Trinajstić information content (AvgIpc) is 2.73. The minimum Gasteiger partial charge on any atom is -0.487 e. The average molecular weight is 331 g/mol. The van der Waals surface area contributed by atoms with Crippen LogP contribution in [0.25, 0.3) is 11.3 Å². The number of ether oxygens (including phenoxy) is 1. The van der Waals surface area contributed by atoms with Crippen LogP contribution in [0.4, 0.5) is 4.39 Å². The molecule has 112 valence electrons. The molecule has 0 radical (unpaired) electrons. The Balaban J connectivity index is 0.00000161. The van der Waals surface area contributed by atoms with Crippen molar-refractivity contribution in [3.05, 3.63) is 33.7 Å². The topological polar surface area (TPSA) is 63.8 Å². The lowest BCUT2D eigenvalue weighted by molar-refractivity contribution is -0.135. The van der Waals surface area contributed by atoms with Crippen LogP contribution in [0.3, 0.4) is 0 Å². The number of carboxylic acid groups (broad SMARTS) is 1. The van der Waals surface area contributed by atoms with Gasteiger partial charge in [-0.15, -0.1) is 12.4 Å². The fourth-order valence-corrected chi connectivity index (χ4v) is 3.21. The number of carboxylic acids is 1. The summed E-state index contributed by atoms with van der Waals surface area (Å²) in [4.78, 5) is 16.1. The molecule has 0 atom stereocenters. The van der Waals surface area contributed by atoms with Gasteiger partial charge in [-0.05, 0) is 18.2 Å². The predicted octanol–water partition coefficient (Wildman–Crippen LogP) is 2.19. The first-order valence-corrected chi connectivity index (χ1v) is 6.71. The first kappa shape index (κ1) is 15.5. The molecule has 2 aromatic rings. The summed E-state index contributed by atoms with van der Waals surface area (Å²) in [5.74, 6) is -0.702. The van der Waals surface area contributed by atoms with Gasteiger partial charge in [-0.3, -0.25) is 4.79 Å². The Kier molecular flexibility index (Phi) is 4.34. The standard InChI is InChI=1S/C13H11FN2O3S.ClH/c1-16-12-8-4-7(14)2-3-9(8)19-6-10(12)20-13(16)15-5-11(17)18;/h2-4H,5-6H2,1H3,(H,17,18);1H/b15-13-;. The summed E-state index contributed by atoms with van der Waals surface area (Å²) >= 11 is 1.36. The van der Waals surface area contributed by atoms with E-state index in [9.17, 15) is 9.18 Å². The second-order valence-electron chi connectivity index (χ2n) is 4.35. The maximum Gasteiger partial charge on any atom is 0.325 e. The number of carbonyl (C=O) groups is 1. The third-order valence-electron chi connectivity index (χ3n) is 3.01. The molecule has 0 spiro atoms. The molecular formula is C13H12ClFN2O3S. The van der Waals surface area contributed by atoms with Crippen molar-refractivity contribution in [1.29, 1.82) is 0 Å². The normalized spacial score (nSPS) is 13.0. The zero-order valence-corrected chi connectivity index (χ0v) is 12.6. The van der Waals surface area contributed by atoms with Gasteiger partial charge in [0.1, 0.15) is 24.7 Å². The molecule has 1 aliphatic heterocycles. The third kappa shape index (κ3) is 2.79. The molecule has 3 rings (SSSR count). The SMILES string of the molecule is Cl.Cn1c2c(s/c1=N\CC(=O)O)COc1ccc(F)cc1-2. The highest BCUT2D eigenvalue weighted by molar-refractivity contribution is 7.09. The van der Waals surface area contributed by atoms with Gasteiger partial charge in [-0.2, -0.15) is 0 Å². The van der Waals surface area contributed by atoms with Crippen molar-refractivity contribution in [2.45, 2.75) is 6.61 Å². The molecule has 21 heavy (non-hydrogen) atoms. The highest BCUT2D eigenvalue weighted by Crippen LogP contribution is 2.38. The monoisotopic (exact) mass is 330 g/mol. The second kappa shape index (κ2) is 5.87. The van der Waals surface area contributed by atoms with Crippen LogP contribution in [-0.2, 0) is 18.4 Å². The second-order valence-corrected chi connectivity index (χ2v) is 5.42. The number of hydrogen-bond acceptors (Lipinski definition) is 4. The number of hydrogen-bond donors (Lipinski definition) is 1. The Hall–Kier alpha value is -1.86. The molecule has 0 aliphatic carbocycles. The lowest BCUT2D eigenvalue weighted by Gasteiger charge is -2.18. The molecule has 1 aromatic heterocycles. The van der Waals surface area contributed by atoms with Crippen molar-refractivity contribution in [2.75, 3.05) is 6.54 Å². The highest BCUT2D eigenvalue weighted by atomic mass is 35.5. The lowest BCUT2D eigenvalue weighted by Crippen LogP contribution is -2.15. The van der Waals surface area contributed by atoms with E-state index in [-0.39, 0.29) is 24.8 Å². The number of thiazole rings is 1. The number of aromatic nitrogens is 1. The minimum absolute atomic E-state index is 0. The Bertz CT molecular complexity index is 769. The van der Waals surface area contributed by atoms with E-state index in [2.05, 4.69) is 4.99 Å². The number of nitrogens with zero attached hydrogens (tertiary/aromatic N) is 2. The van der Waals surface area contributed by atoms with Crippen molar-refractivity contribution in [2.24, 2.45) is 12.0 Å². The summed E-state index contributed by atoms with van der Waals surface area (Å²) in [6.07, 6.45) is 0. The fourth-order valence-electron chi connectivity index (χ4n) is 2.17. The van der Waals surface area contributed by atoms with E-state index < -0.39 is 5.97 Å².